The molecule has 30 heavy (non-hydrogen) atoms. The summed E-state index contributed by atoms with van der Waals surface area (Å²) in [5.41, 5.74) is 8.05. The Hall–Kier alpha value is -2.48. The summed E-state index contributed by atoms with van der Waals surface area (Å²) >= 11 is 0. The minimum Gasteiger partial charge on any atom is -0.467 e. The third-order valence-corrected chi connectivity index (χ3v) is 5.53. The van der Waals surface area contributed by atoms with Gasteiger partial charge in [0.05, 0.1) is 13.2 Å². The van der Waals surface area contributed by atoms with Crippen LogP contribution < -0.4 is 5.32 Å². The second kappa shape index (κ2) is 10.5. The lowest BCUT2D eigenvalue weighted by Gasteiger charge is -2.31. The molecule has 168 valence electrons. The number of azide groups is 1. The number of likely N-dealkylation sites (tertiary alicyclic amines) is 1. The van der Waals surface area contributed by atoms with Crippen LogP contribution in [0.5, 0.6) is 0 Å². The number of methoxy groups -OCH3 is 1. The first-order valence-corrected chi connectivity index (χ1v) is 10.6. The Bertz CT molecular complexity index is 680. The van der Waals surface area contributed by atoms with Crippen LogP contribution in [-0.2, 0) is 19.1 Å². The van der Waals surface area contributed by atoms with E-state index in [-0.39, 0.29) is 18.9 Å². The van der Waals surface area contributed by atoms with Crippen LogP contribution in [0.25, 0.3) is 10.4 Å². The number of hydrogen-bond acceptors (Lipinski definition) is 6. The molecule has 1 N–H and O–H groups in total. The first-order chi connectivity index (χ1) is 14.1. The summed E-state index contributed by atoms with van der Waals surface area (Å²) < 4.78 is 10.2. The van der Waals surface area contributed by atoms with Gasteiger partial charge >= 0.3 is 12.1 Å². The van der Waals surface area contributed by atoms with Crippen LogP contribution in [-0.4, -0.2) is 60.3 Å². The highest BCUT2D eigenvalue weighted by Gasteiger charge is 2.43. The maximum atomic E-state index is 13.4. The highest BCUT2D eigenvalue weighted by atomic mass is 16.6. The molecule has 0 aromatic carbocycles. The monoisotopic (exact) mass is 423 g/mol. The van der Waals surface area contributed by atoms with Gasteiger partial charge in [-0.1, -0.05) is 37.2 Å². The van der Waals surface area contributed by atoms with Crippen molar-refractivity contribution in [2.45, 2.75) is 89.4 Å². The molecule has 2 aliphatic rings. The molecule has 1 saturated heterocycles. The largest absolute Gasteiger partial charge is 0.467 e. The quantitative estimate of drug-likeness (QED) is 0.303. The molecule has 10 heteroatoms. The summed E-state index contributed by atoms with van der Waals surface area (Å²) in [6.45, 7) is 5.37. The maximum Gasteiger partial charge on any atom is 0.408 e. The number of nitrogens with zero attached hydrogens (tertiary/aromatic N) is 4. The second-order valence-electron chi connectivity index (χ2n) is 9.06. The Morgan fingerprint density at radius 2 is 1.90 bits per heavy atom. The SMILES string of the molecule is COC(=O)[C@@H]1C[C@@H](N=[N+]=[N-])CN1C(=O)[C@@H](CC1CCCCC1)NC(=O)OC(C)(C)C. The van der Waals surface area contributed by atoms with E-state index in [4.69, 9.17) is 15.0 Å². The number of esters is 1. The van der Waals surface area contributed by atoms with Crippen molar-refractivity contribution in [2.75, 3.05) is 13.7 Å². The standard InChI is InChI=1S/C20H33N5O5/c1-20(2,3)30-19(28)22-15(10-13-8-6-5-7-9-13)17(26)25-12-14(23-24-21)11-16(25)18(27)29-4/h13-16H,5-12H2,1-4H3,(H,22,28)/t14-,15-,16+/m1/s1. The summed E-state index contributed by atoms with van der Waals surface area (Å²) in [4.78, 5) is 42.2. The van der Waals surface area contributed by atoms with Crippen molar-refractivity contribution in [1.82, 2.24) is 10.2 Å². The Morgan fingerprint density at radius 3 is 2.47 bits per heavy atom. The number of alkyl carbamates (subject to hydrolysis) is 1. The summed E-state index contributed by atoms with van der Waals surface area (Å²) in [7, 11) is 1.25. The number of carbonyl (C=O) groups excluding carboxylic acids is 3. The lowest BCUT2D eigenvalue weighted by atomic mass is 9.84. The van der Waals surface area contributed by atoms with Crippen molar-refractivity contribution in [3.8, 4) is 0 Å². The third kappa shape index (κ3) is 6.79. The average molecular weight is 424 g/mol. The van der Waals surface area contributed by atoms with E-state index >= 15 is 0 Å². The van der Waals surface area contributed by atoms with E-state index in [1.54, 1.807) is 20.8 Å². The van der Waals surface area contributed by atoms with E-state index < -0.39 is 35.8 Å². The molecule has 0 unspecified atom stereocenters. The normalized spacial score (nSPS) is 23.3. The second-order valence-corrected chi connectivity index (χ2v) is 9.06. The van der Waals surface area contributed by atoms with Crippen LogP contribution in [0.4, 0.5) is 4.79 Å². The zero-order valence-electron chi connectivity index (χ0n) is 18.3. The van der Waals surface area contributed by atoms with Crippen molar-refractivity contribution in [1.29, 1.82) is 0 Å². The molecule has 0 aromatic heterocycles. The molecule has 2 rings (SSSR count). The number of hydrogen-bond donors (Lipinski definition) is 1. The van der Waals surface area contributed by atoms with E-state index in [9.17, 15) is 14.4 Å². The summed E-state index contributed by atoms with van der Waals surface area (Å²) in [6.07, 6.45) is 5.40. The number of rotatable bonds is 6. The number of amides is 2. The van der Waals surface area contributed by atoms with Crippen molar-refractivity contribution in [2.24, 2.45) is 11.0 Å². The fourth-order valence-corrected chi connectivity index (χ4v) is 4.20. The molecule has 2 fully saturated rings. The summed E-state index contributed by atoms with van der Waals surface area (Å²) in [5, 5.41) is 6.39. The summed E-state index contributed by atoms with van der Waals surface area (Å²) in [5.74, 6) is -0.625. The third-order valence-electron chi connectivity index (χ3n) is 5.53. The molecule has 1 aliphatic carbocycles. The number of nitrogens with one attached hydrogen (secondary N) is 1. The van der Waals surface area contributed by atoms with Gasteiger partial charge in [-0.25, -0.2) is 9.59 Å². The van der Waals surface area contributed by atoms with E-state index in [2.05, 4.69) is 15.3 Å². The van der Waals surface area contributed by atoms with Crippen molar-refractivity contribution in [3.05, 3.63) is 10.4 Å². The van der Waals surface area contributed by atoms with E-state index in [0.29, 0.717) is 12.3 Å². The Kier molecular flexibility index (Phi) is 8.34. The molecule has 0 spiro atoms. The average Bonchev–Trinajstić information content (AvgIpc) is 3.10. The zero-order chi connectivity index (χ0) is 22.3. The van der Waals surface area contributed by atoms with Gasteiger partial charge in [0.1, 0.15) is 17.7 Å². The molecule has 2 amide bonds. The molecule has 10 nitrogen and oxygen atoms in total. The molecule has 1 heterocycles. The molecular weight excluding hydrogens is 390 g/mol. The Morgan fingerprint density at radius 1 is 1.23 bits per heavy atom. The molecule has 3 atom stereocenters. The Labute approximate surface area is 177 Å². The predicted molar refractivity (Wildman–Crippen MR) is 109 cm³/mol. The van der Waals surface area contributed by atoms with Crippen LogP contribution in [0, 0.1) is 5.92 Å². The Balaban J connectivity index is 2.20. The fraction of sp³-hybridized carbons (Fsp3) is 0.850. The molecular formula is C20H33N5O5. The van der Waals surface area contributed by atoms with Crippen molar-refractivity contribution in [3.63, 3.8) is 0 Å². The van der Waals surface area contributed by atoms with Crippen LogP contribution in [0.2, 0.25) is 0 Å². The highest BCUT2D eigenvalue weighted by molar-refractivity contribution is 5.90. The van der Waals surface area contributed by atoms with Crippen LogP contribution in [0.1, 0.15) is 65.7 Å². The van der Waals surface area contributed by atoms with Gasteiger partial charge in [0, 0.05) is 11.5 Å². The van der Waals surface area contributed by atoms with E-state index in [1.165, 1.54) is 18.4 Å². The van der Waals surface area contributed by atoms with Crippen LogP contribution >= 0.6 is 0 Å². The molecule has 0 aromatic rings. The van der Waals surface area contributed by atoms with E-state index in [0.717, 1.165) is 25.7 Å². The van der Waals surface area contributed by atoms with Crippen LogP contribution in [0.15, 0.2) is 5.11 Å². The van der Waals surface area contributed by atoms with Gasteiger partial charge in [-0.15, -0.1) is 0 Å². The molecule has 0 radical (unpaired) electrons. The lowest BCUT2D eigenvalue weighted by molar-refractivity contribution is -0.151. The van der Waals surface area contributed by atoms with Gasteiger partial charge in [0.2, 0.25) is 5.91 Å². The smallest absolute Gasteiger partial charge is 0.408 e. The predicted octanol–water partition coefficient (Wildman–Crippen LogP) is 3.30. The van der Waals surface area contributed by atoms with Gasteiger partial charge < -0.3 is 19.7 Å². The van der Waals surface area contributed by atoms with Gasteiger partial charge in [-0.05, 0) is 45.1 Å². The number of ether oxygens (including phenoxy) is 2. The minimum atomic E-state index is -0.840. The minimum absolute atomic E-state index is 0.111. The molecule has 1 saturated carbocycles. The van der Waals surface area contributed by atoms with Gasteiger partial charge in [-0.2, -0.15) is 0 Å². The van der Waals surface area contributed by atoms with Crippen molar-refractivity contribution >= 4 is 18.0 Å². The fourth-order valence-electron chi connectivity index (χ4n) is 4.20. The molecule has 1 aliphatic heterocycles. The van der Waals surface area contributed by atoms with Gasteiger partial charge in [-0.3, -0.25) is 4.79 Å². The van der Waals surface area contributed by atoms with E-state index in [1.807, 2.05) is 0 Å². The maximum absolute atomic E-state index is 13.4. The topological polar surface area (TPSA) is 134 Å². The zero-order valence-corrected chi connectivity index (χ0v) is 18.3. The van der Waals surface area contributed by atoms with Gasteiger partial charge in [0.25, 0.3) is 0 Å². The molecule has 0 bridgehead atoms. The highest BCUT2D eigenvalue weighted by Crippen LogP contribution is 2.29. The number of carbonyl (C=O) groups is 3. The van der Waals surface area contributed by atoms with Gasteiger partial charge in [0.15, 0.2) is 0 Å². The van der Waals surface area contributed by atoms with Crippen molar-refractivity contribution < 1.29 is 23.9 Å². The first-order valence-electron chi connectivity index (χ1n) is 10.6. The van der Waals surface area contributed by atoms with Crippen LogP contribution in [0.3, 0.4) is 0 Å². The summed E-state index contributed by atoms with van der Waals surface area (Å²) in [6, 6.07) is -2.17. The first kappa shape index (κ1) is 23.8. The lowest BCUT2D eigenvalue weighted by Crippen LogP contribution is -2.53.